The highest BCUT2D eigenvalue weighted by Gasteiger charge is 2.20. The monoisotopic (exact) mass is 341 g/mol. The Kier molecular flexibility index (Phi) is 4.83. The minimum Gasteiger partial charge on any atom is -0.490 e. The molecule has 1 aliphatic rings. The lowest BCUT2D eigenvalue weighted by Crippen LogP contribution is -2.21. The van der Waals surface area contributed by atoms with Crippen LogP contribution in [0.25, 0.3) is 0 Å². The van der Waals surface area contributed by atoms with Gasteiger partial charge in [-0.2, -0.15) is 0 Å². The molecule has 0 bridgehead atoms. The first kappa shape index (κ1) is 16.8. The maximum atomic E-state index is 12.6. The van der Waals surface area contributed by atoms with Gasteiger partial charge in [0.15, 0.2) is 5.75 Å². The third-order valence-electron chi connectivity index (χ3n) is 4.24. The van der Waals surface area contributed by atoms with Crippen molar-refractivity contribution in [3.63, 3.8) is 0 Å². The van der Waals surface area contributed by atoms with Crippen molar-refractivity contribution in [3.05, 3.63) is 58.1 Å². The highest BCUT2D eigenvalue weighted by atomic mass is 16.6. The Labute approximate surface area is 145 Å². The molecule has 0 spiro atoms. The second kappa shape index (κ2) is 7.21. The van der Waals surface area contributed by atoms with Crippen molar-refractivity contribution in [2.75, 3.05) is 30.4 Å². The van der Waals surface area contributed by atoms with Gasteiger partial charge in [0.2, 0.25) is 0 Å². The van der Waals surface area contributed by atoms with E-state index in [1.165, 1.54) is 25.3 Å². The Balaban J connectivity index is 1.86. The summed E-state index contributed by atoms with van der Waals surface area (Å²) < 4.78 is 4.97. The maximum Gasteiger partial charge on any atom is 0.311 e. The molecule has 1 fully saturated rings. The predicted molar refractivity (Wildman–Crippen MR) is 95.5 cm³/mol. The standard InChI is InChI=1S/C18H19N3O4/c1-25-17-9-8-13(12-16(17)21(23)24)18(22)19-14-6-2-3-7-15(14)20-10-4-5-11-20/h2-3,6-9,12H,4-5,10-11H2,1H3,(H,19,22). The van der Waals surface area contributed by atoms with Crippen molar-refractivity contribution in [2.45, 2.75) is 12.8 Å². The Morgan fingerprint density at radius 1 is 1.20 bits per heavy atom. The number of nitrogens with zero attached hydrogens (tertiary/aromatic N) is 2. The van der Waals surface area contributed by atoms with E-state index in [1.54, 1.807) is 0 Å². The Morgan fingerprint density at radius 3 is 2.60 bits per heavy atom. The van der Waals surface area contributed by atoms with Gasteiger partial charge in [0.1, 0.15) is 0 Å². The van der Waals surface area contributed by atoms with Crippen LogP contribution in [-0.2, 0) is 0 Å². The number of ether oxygens (including phenoxy) is 1. The van der Waals surface area contributed by atoms with Gasteiger partial charge in [-0.05, 0) is 37.1 Å². The summed E-state index contributed by atoms with van der Waals surface area (Å²) in [6.45, 7) is 1.92. The largest absolute Gasteiger partial charge is 0.490 e. The molecule has 7 heteroatoms. The molecule has 0 atom stereocenters. The molecule has 2 aromatic rings. The maximum absolute atomic E-state index is 12.6. The number of carbonyl (C=O) groups excluding carboxylic acids is 1. The molecule has 2 aromatic carbocycles. The molecule has 0 saturated carbocycles. The van der Waals surface area contributed by atoms with Crippen molar-refractivity contribution >= 4 is 23.0 Å². The zero-order valence-corrected chi connectivity index (χ0v) is 13.9. The number of methoxy groups -OCH3 is 1. The molecule has 3 rings (SSSR count). The van der Waals surface area contributed by atoms with Crippen LogP contribution < -0.4 is 15.0 Å². The fourth-order valence-electron chi connectivity index (χ4n) is 2.98. The number of amides is 1. The van der Waals surface area contributed by atoms with Crippen LogP contribution in [0.15, 0.2) is 42.5 Å². The Hall–Kier alpha value is -3.09. The highest BCUT2D eigenvalue weighted by Crippen LogP contribution is 2.31. The van der Waals surface area contributed by atoms with E-state index in [9.17, 15) is 14.9 Å². The lowest BCUT2D eigenvalue weighted by atomic mass is 10.1. The molecule has 0 radical (unpaired) electrons. The molecule has 0 aliphatic carbocycles. The van der Waals surface area contributed by atoms with E-state index < -0.39 is 10.8 Å². The van der Waals surface area contributed by atoms with E-state index in [2.05, 4.69) is 10.2 Å². The average molecular weight is 341 g/mol. The van der Waals surface area contributed by atoms with Gasteiger partial charge in [0.05, 0.1) is 23.4 Å². The van der Waals surface area contributed by atoms with Crippen LogP contribution in [0.1, 0.15) is 23.2 Å². The third kappa shape index (κ3) is 3.55. The summed E-state index contributed by atoms with van der Waals surface area (Å²) in [5, 5.41) is 14.0. The Bertz CT molecular complexity index is 801. The number of hydrogen-bond donors (Lipinski definition) is 1. The summed E-state index contributed by atoms with van der Waals surface area (Å²) in [5.41, 5.74) is 1.65. The number of anilines is 2. The normalized spacial score (nSPS) is 13.6. The molecule has 1 N–H and O–H groups in total. The molecule has 7 nitrogen and oxygen atoms in total. The summed E-state index contributed by atoms with van der Waals surface area (Å²) in [7, 11) is 1.36. The minimum atomic E-state index is -0.562. The lowest BCUT2D eigenvalue weighted by molar-refractivity contribution is -0.385. The number of nitro benzene ring substituents is 1. The van der Waals surface area contributed by atoms with Crippen LogP contribution in [0, 0.1) is 10.1 Å². The predicted octanol–water partition coefficient (Wildman–Crippen LogP) is 3.46. The van der Waals surface area contributed by atoms with Gasteiger partial charge >= 0.3 is 5.69 Å². The molecule has 25 heavy (non-hydrogen) atoms. The number of para-hydroxylation sites is 2. The van der Waals surface area contributed by atoms with Crippen molar-refractivity contribution in [3.8, 4) is 5.75 Å². The number of nitrogens with one attached hydrogen (secondary N) is 1. The average Bonchev–Trinajstić information content (AvgIpc) is 3.16. The summed E-state index contributed by atoms with van der Waals surface area (Å²) in [6, 6.07) is 11.8. The van der Waals surface area contributed by atoms with E-state index in [1.807, 2.05) is 24.3 Å². The summed E-state index contributed by atoms with van der Waals surface area (Å²) in [4.78, 5) is 25.4. The van der Waals surface area contributed by atoms with E-state index in [-0.39, 0.29) is 17.0 Å². The molecule has 0 aromatic heterocycles. The topological polar surface area (TPSA) is 84.7 Å². The van der Waals surface area contributed by atoms with E-state index in [0.717, 1.165) is 31.6 Å². The molecule has 1 amide bonds. The second-order valence-electron chi connectivity index (χ2n) is 5.81. The van der Waals surface area contributed by atoms with Gasteiger partial charge in [0.25, 0.3) is 5.91 Å². The fourth-order valence-corrected chi connectivity index (χ4v) is 2.98. The quantitative estimate of drug-likeness (QED) is 0.665. The molecular formula is C18H19N3O4. The first-order chi connectivity index (χ1) is 12.1. The zero-order chi connectivity index (χ0) is 17.8. The zero-order valence-electron chi connectivity index (χ0n) is 13.9. The van der Waals surface area contributed by atoms with Crippen LogP contribution in [0.5, 0.6) is 5.75 Å². The van der Waals surface area contributed by atoms with Gasteiger partial charge in [0, 0.05) is 24.7 Å². The SMILES string of the molecule is COc1ccc(C(=O)Nc2ccccc2N2CCCC2)cc1[N+](=O)[O-]. The number of hydrogen-bond acceptors (Lipinski definition) is 5. The van der Waals surface area contributed by atoms with E-state index in [0.29, 0.717) is 5.69 Å². The second-order valence-corrected chi connectivity index (χ2v) is 5.81. The van der Waals surface area contributed by atoms with E-state index >= 15 is 0 Å². The van der Waals surface area contributed by atoms with Crippen molar-refractivity contribution in [1.82, 2.24) is 0 Å². The van der Waals surface area contributed by atoms with Crippen LogP contribution in [0.3, 0.4) is 0 Å². The highest BCUT2D eigenvalue weighted by molar-refractivity contribution is 6.06. The van der Waals surface area contributed by atoms with Crippen LogP contribution >= 0.6 is 0 Å². The Morgan fingerprint density at radius 2 is 1.92 bits per heavy atom. The summed E-state index contributed by atoms with van der Waals surface area (Å²) >= 11 is 0. The van der Waals surface area contributed by atoms with Gasteiger partial charge in [-0.25, -0.2) is 0 Å². The summed E-state index contributed by atoms with van der Waals surface area (Å²) in [6.07, 6.45) is 2.26. The van der Waals surface area contributed by atoms with Crippen molar-refractivity contribution < 1.29 is 14.5 Å². The van der Waals surface area contributed by atoms with Crippen LogP contribution in [0.2, 0.25) is 0 Å². The first-order valence-electron chi connectivity index (χ1n) is 8.08. The molecule has 1 aliphatic heterocycles. The molecule has 1 saturated heterocycles. The van der Waals surface area contributed by atoms with Crippen LogP contribution in [0.4, 0.5) is 17.1 Å². The number of benzene rings is 2. The van der Waals surface area contributed by atoms with Gasteiger partial charge < -0.3 is 15.0 Å². The molecule has 0 unspecified atom stereocenters. The molecular weight excluding hydrogens is 322 g/mol. The smallest absolute Gasteiger partial charge is 0.311 e. The van der Waals surface area contributed by atoms with Crippen LogP contribution in [-0.4, -0.2) is 31.0 Å². The third-order valence-corrected chi connectivity index (χ3v) is 4.24. The fraction of sp³-hybridized carbons (Fsp3) is 0.278. The number of rotatable bonds is 5. The van der Waals surface area contributed by atoms with Gasteiger partial charge in [-0.1, -0.05) is 12.1 Å². The molecule has 1 heterocycles. The van der Waals surface area contributed by atoms with Crippen molar-refractivity contribution in [2.24, 2.45) is 0 Å². The van der Waals surface area contributed by atoms with Gasteiger partial charge in [-0.3, -0.25) is 14.9 Å². The van der Waals surface area contributed by atoms with Crippen molar-refractivity contribution in [1.29, 1.82) is 0 Å². The first-order valence-corrected chi connectivity index (χ1v) is 8.08. The van der Waals surface area contributed by atoms with Gasteiger partial charge in [-0.15, -0.1) is 0 Å². The summed E-state index contributed by atoms with van der Waals surface area (Å²) in [5.74, 6) is -0.267. The minimum absolute atomic E-state index is 0.124. The molecule has 130 valence electrons. The number of carbonyl (C=O) groups is 1. The lowest BCUT2D eigenvalue weighted by Gasteiger charge is -2.21. The van der Waals surface area contributed by atoms with E-state index in [4.69, 9.17) is 4.74 Å². The number of nitro groups is 1.